The van der Waals surface area contributed by atoms with E-state index in [1.165, 1.54) is 0 Å². The van der Waals surface area contributed by atoms with E-state index in [0.29, 0.717) is 0 Å². The van der Waals surface area contributed by atoms with Gasteiger partial charge in [0.05, 0.1) is 0 Å². The number of hydrogen-bond acceptors (Lipinski definition) is 2. The molecule has 0 heterocycles. The van der Waals surface area contributed by atoms with Gasteiger partial charge >= 0.3 is 0 Å². The van der Waals surface area contributed by atoms with Crippen molar-refractivity contribution in [2.45, 2.75) is 34.6 Å². The summed E-state index contributed by atoms with van der Waals surface area (Å²) in [6.45, 7) is 11.9. The molecule has 0 radical (unpaired) electrons. The van der Waals surface area contributed by atoms with E-state index < -0.39 is 0 Å². The van der Waals surface area contributed by atoms with Crippen LogP contribution in [0.1, 0.15) is 40.2 Å². The molecule has 2 nitrogen and oxygen atoms in total. The predicted molar refractivity (Wildman–Crippen MR) is 81.8 cm³/mol. The first-order valence-corrected chi connectivity index (χ1v) is 6.96. The minimum absolute atomic E-state index is 0.165. The van der Waals surface area contributed by atoms with Gasteiger partial charge in [0.25, 0.3) is 0 Å². The van der Waals surface area contributed by atoms with Gasteiger partial charge in [0.2, 0.25) is 0 Å². The Balaban J connectivity index is 3.21. The molecule has 0 atom stereocenters. The summed E-state index contributed by atoms with van der Waals surface area (Å²) in [5.74, 6) is 0.165. The topological polar surface area (TPSA) is 20.3 Å². The van der Waals surface area contributed by atoms with Crippen LogP contribution in [-0.2, 0) is 4.79 Å². The minimum Gasteiger partial charge on any atom is -0.372 e. The Morgan fingerprint density at radius 1 is 1.11 bits per heavy atom. The molecular weight excluding hydrogens is 234 g/mol. The number of nitrogens with zero attached hydrogens (tertiary/aromatic N) is 1. The predicted octanol–water partition coefficient (Wildman–Crippen LogP) is 3.98. The van der Waals surface area contributed by atoms with Crippen molar-refractivity contribution < 1.29 is 4.79 Å². The van der Waals surface area contributed by atoms with Crippen LogP contribution in [-0.4, -0.2) is 23.8 Å². The molecule has 104 valence electrons. The average Bonchev–Trinajstić information content (AvgIpc) is 2.38. The first-order chi connectivity index (χ1) is 8.90. The van der Waals surface area contributed by atoms with Crippen molar-refractivity contribution in [3.63, 3.8) is 0 Å². The second-order valence-corrected chi connectivity index (χ2v) is 5.68. The van der Waals surface area contributed by atoms with Crippen LogP contribution < -0.4 is 0 Å². The molecule has 0 fully saturated rings. The van der Waals surface area contributed by atoms with Gasteiger partial charge in [-0.05, 0) is 19.4 Å². The number of carbonyl (C=O) groups is 1. The van der Waals surface area contributed by atoms with Gasteiger partial charge in [-0.15, -0.1) is 0 Å². The van der Waals surface area contributed by atoms with Gasteiger partial charge in [-0.2, -0.15) is 0 Å². The van der Waals surface area contributed by atoms with Gasteiger partial charge < -0.3 is 4.90 Å². The average molecular weight is 259 g/mol. The Hall–Kier alpha value is -1.57. The van der Waals surface area contributed by atoms with Crippen molar-refractivity contribution in [3.8, 4) is 0 Å². The molecule has 1 aromatic carbocycles. The summed E-state index contributed by atoms with van der Waals surface area (Å²) in [5.41, 5.74) is 1.78. The summed E-state index contributed by atoms with van der Waals surface area (Å²) in [5, 5.41) is 0. The summed E-state index contributed by atoms with van der Waals surface area (Å²) in [6.07, 6.45) is 1.79. The quantitative estimate of drug-likeness (QED) is 0.745. The first-order valence-electron chi connectivity index (χ1n) is 6.96. The molecule has 0 bridgehead atoms. The SMILES string of the molecule is CCN(CC)/C(=C/C(=O)C(C)(C)C)c1ccccc1. The molecule has 0 unspecified atom stereocenters. The van der Waals surface area contributed by atoms with Crippen LogP contribution in [0.4, 0.5) is 0 Å². The van der Waals surface area contributed by atoms with E-state index in [0.717, 1.165) is 24.4 Å². The van der Waals surface area contributed by atoms with Crippen molar-refractivity contribution in [2.75, 3.05) is 13.1 Å². The Morgan fingerprint density at radius 2 is 1.63 bits per heavy atom. The Morgan fingerprint density at radius 3 is 2.05 bits per heavy atom. The summed E-state index contributed by atoms with van der Waals surface area (Å²) < 4.78 is 0. The van der Waals surface area contributed by atoms with Crippen LogP contribution in [0.2, 0.25) is 0 Å². The fraction of sp³-hybridized carbons (Fsp3) is 0.471. The van der Waals surface area contributed by atoms with E-state index in [4.69, 9.17) is 0 Å². The third kappa shape index (κ3) is 4.23. The molecule has 0 N–H and O–H groups in total. The zero-order valence-electron chi connectivity index (χ0n) is 12.7. The second kappa shape index (κ2) is 6.55. The second-order valence-electron chi connectivity index (χ2n) is 5.68. The molecule has 1 aromatic rings. The molecule has 0 aromatic heterocycles. The van der Waals surface area contributed by atoms with Gasteiger partial charge in [0, 0.05) is 30.3 Å². The van der Waals surface area contributed by atoms with Crippen LogP contribution in [0.5, 0.6) is 0 Å². The Labute approximate surface area is 117 Å². The minimum atomic E-state index is -0.340. The van der Waals surface area contributed by atoms with Crippen molar-refractivity contribution in [1.29, 1.82) is 0 Å². The van der Waals surface area contributed by atoms with E-state index in [1.54, 1.807) is 6.08 Å². The first kappa shape index (κ1) is 15.5. The normalized spacial score (nSPS) is 12.4. The highest BCUT2D eigenvalue weighted by Gasteiger charge is 2.21. The summed E-state index contributed by atoms with van der Waals surface area (Å²) in [6, 6.07) is 10.1. The van der Waals surface area contributed by atoms with E-state index >= 15 is 0 Å². The maximum absolute atomic E-state index is 12.3. The van der Waals surface area contributed by atoms with Gasteiger partial charge in [0.15, 0.2) is 5.78 Å². The third-order valence-electron chi connectivity index (χ3n) is 3.18. The van der Waals surface area contributed by atoms with Gasteiger partial charge in [0.1, 0.15) is 0 Å². The summed E-state index contributed by atoms with van der Waals surface area (Å²) >= 11 is 0. The van der Waals surface area contributed by atoms with Gasteiger partial charge in [-0.25, -0.2) is 0 Å². The highest BCUT2D eigenvalue weighted by Crippen LogP contribution is 2.23. The van der Waals surface area contributed by atoms with Crippen molar-refractivity contribution >= 4 is 11.5 Å². The van der Waals surface area contributed by atoms with E-state index in [9.17, 15) is 4.79 Å². The van der Waals surface area contributed by atoms with Gasteiger partial charge in [-0.1, -0.05) is 51.1 Å². The molecular formula is C17H25NO. The van der Waals surface area contributed by atoms with E-state index in [1.807, 2.05) is 39.0 Å². The molecule has 0 saturated carbocycles. The lowest BCUT2D eigenvalue weighted by Crippen LogP contribution is -2.24. The number of carbonyl (C=O) groups excluding carboxylic acids is 1. The maximum atomic E-state index is 12.3. The summed E-state index contributed by atoms with van der Waals surface area (Å²) in [4.78, 5) is 14.5. The lowest BCUT2D eigenvalue weighted by atomic mass is 9.89. The van der Waals surface area contributed by atoms with Crippen molar-refractivity contribution in [1.82, 2.24) is 4.90 Å². The lowest BCUT2D eigenvalue weighted by Gasteiger charge is -2.26. The fourth-order valence-corrected chi connectivity index (χ4v) is 1.87. The molecule has 2 heteroatoms. The van der Waals surface area contributed by atoms with E-state index in [2.05, 4.69) is 30.9 Å². The van der Waals surface area contributed by atoms with Crippen LogP contribution in [0, 0.1) is 5.41 Å². The largest absolute Gasteiger partial charge is 0.372 e. The zero-order valence-corrected chi connectivity index (χ0v) is 12.7. The molecule has 0 spiro atoms. The number of hydrogen-bond donors (Lipinski definition) is 0. The number of ketones is 1. The van der Waals surface area contributed by atoms with Crippen LogP contribution in [0.3, 0.4) is 0 Å². The Kier molecular flexibility index (Phi) is 5.34. The monoisotopic (exact) mass is 259 g/mol. The molecule has 19 heavy (non-hydrogen) atoms. The fourth-order valence-electron chi connectivity index (χ4n) is 1.87. The lowest BCUT2D eigenvalue weighted by molar-refractivity contribution is -0.121. The summed E-state index contributed by atoms with van der Waals surface area (Å²) in [7, 11) is 0. The van der Waals surface area contributed by atoms with Crippen molar-refractivity contribution in [2.24, 2.45) is 5.41 Å². The third-order valence-corrected chi connectivity index (χ3v) is 3.18. The van der Waals surface area contributed by atoms with Crippen LogP contribution >= 0.6 is 0 Å². The van der Waals surface area contributed by atoms with E-state index in [-0.39, 0.29) is 11.2 Å². The number of rotatable bonds is 5. The smallest absolute Gasteiger partial charge is 0.163 e. The molecule has 1 rings (SSSR count). The highest BCUT2D eigenvalue weighted by atomic mass is 16.1. The van der Waals surface area contributed by atoms with Crippen LogP contribution in [0.15, 0.2) is 36.4 Å². The Bertz CT molecular complexity index is 436. The molecule has 0 aliphatic rings. The number of benzene rings is 1. The van der Waals surface area contributed by atoms with Crippen LogP contribution in [0.25, 0.3) is 5.70 Å². The standard InChI is InChI=1S/C17H25NO/c1-6-18(7-2)15(13-16(19)17(3,4)5)14-11-9-8-10-12-14/h8-13H,6-7H2,1-5H3/b15-13+. The highest BCUT2D eigenvalue weighted by molar-refractivity contribution is 5.99. The van der Waals surface area contributed by atoms with Crippen molar-refractivity contribution in [3.05, 3.63) is 42.0 Å². The molecule has 0 saturated heterocycles. The van der Waals surface area contributed by atoms with Gasteiger partial charge in [-0.3, -0.25) is 4.79 Å². The maximum Gasteiger partial charge on any atom is 0.163 e. The molecule has 0 aliphatic carbocycles. The zero-order chi connectivity index (χ0) is 14.5. The molecule has 0 aliphatic heterocycles. The number of allylic oxidation sites excluding steroid dienone is 1. The molecule has 0 amide bonds.